The molecule has 2 aromatic rings. The summed E-state index contributed by atoms with van der Waals surface area (Å²) in [7, 11) is 0. The monoisotopic (exact) mass is 969 g/mol. The van der Waals surface area contributed by atoms with Gasteiger partial charge in [0.2, 0.25) is 0 Å². The lowest BCUT2D eigenvalue weighted by molar-refractivity contribution is 0.157. The number of nitrogens with zero attached hydrogens (tertiary/aromatic N) is 2. The molecule has 1 fully saturated rings. The van der Waals surface area contributed by atoms with E-state index < -0.39 is 0 Å². The summed E-state index contributed by atoms with van der Waals surface area (Å²) in [5.41, 5.74) is 23.7. The second kappa shape index (κ2) is 17.0. The molecule has 13 aliphatic rings. The molecule has 2 nitrogen and oxygen atoms in total. The Morgan fingerprint density at radius 3 is 2.68 bits per heavy atom. The van der Waals surface area contributed by atoms with Crippen molar-refractivity contribution in [2.45, 2.75) is 158 Å². The zero-order valence-corrected chi connectivity index (χ0v) is 44.1. The van der Waals surface area contributed by atoms with Crippen molar-refractivity contribution in [1.29, 1.82) is 0 Å². The Labute approximate surface area is 433 Å². The van der Waals surface area contributed by atoms with Crippen LogP contribution in [0, 0.1) is 40.9 Å². The Bertz CT molecular complexity index is 3060. The van der Waals surface area contributed by atoms with Crippen LogP contribution in [0.25, 0.3) is 6.08 Å². The maximum Gasteiger partial charge on any atom is 0.0684 e. The van der Waals surface area contributed by atoms with Gasteiger partial charge < -0.3 is 9.80 Å². The minimum atomic E-state index is 0.258. The molecule has 71 heavy (non-hydrogen) atoms. The molecule has 10 atom stereocenters. The van der Waals surface area contributed by atoms with Crippen LogP contribution < -0.4 is 4.90 Å². The molecule has 0 N–H and O–H groups in total. The second-order valence-electron chi connectivity index (χ2n) is 24.4. The zero-order chi connectivity index (χ0) is 47.1. The summed E-state index contributed by atoms with van der Waals surface area (Å²) in [5, 5.41) is 0.477. The van der Waals surface area contributed by atoms with Gasteiger partial charge in [-0.15, -0.1) is 23.1 Å². The molecule has 4 heteroatoms. The molecule has 1 aromatic heterocycles. The highest BCUT2D eigenvalue weighted by atomic mass is 32.2. The SMILES string of the molecule is CCC1CC(N(C2=CCC3C=CCCC3=C2)C2CCCc3c2sc2c3CCC=C2)=C2CC3C4=C(CCC3(C)C)CC(N(C3=CC=C5C=CCCC5C3)c3cccc5c3SC3C=CC=CC53)C3C=CC1=C2C43. The maximum atomic E-state index is 3.08. The number of hydrogen-bond acceptors (Lipinski definition) is 4. The lowest BCUT2D eigenvalue weighted by Gasteiger charge is -2.59. The fourth-order valence-corrected chi connectivity index (χ4v) is 19.8. The first kappa shape index (κ1) is 44.0. The third-order valence-corrected chi connectivity index (χ3v) is 23.2. The number of fused-ring (bicyclic) bond motifs is 8. The van der Waals surface area contributed by atoms with Gasteiger partial charge in [-0.3, -0.25) is 0 Å². The Balaban J connectivity index is 0.923. The lowest BCUT2D eigenvalue weighted by Crippen LogP contribution is -2.53. The Morgan fingerprint density at radius 2 is 1.73 bits per heavy atom. The van der Waals surface area contributed by atoms with Gasteiger partial charge in [-0.1, -0.05) is 129 Å². The van der Waals surface area contributed by atoms with E-state index in [0.717, 1.165) is 19.3 Å². The minimum Gasteiger partial charge on any atom is -0.340 e. The van der Waals surface area contributed by atoms with E-state index in [0.29, 0.717) is 58.8 Å². The van der Waals surface area contributed by atoms with Crippen molar-refractivity contribution in [3.05, 3.63) is 192 Å². The molecule has 15 rings (SSSR count). The number of allylic oxidation sites excluding steroid dienone is 21. The van der Waals surface area contributed by atoms with Crippen LogP contribution in [0.1, 0.15) is 155 Å². The number of thiophene rings is 1. The average Bonchev–Trinajstić information content (AvgIpc) is 4.00. The summed E-state index contributed by atoms with van der Waals surface area (Å²) in [6.07, 6.45) is 61.0. The van der Waals surface area contributed by atoms with Crippen molar-refractivity contribution >= 4 is 34.9 Å². The highest BCUT2D eigenvalue weighted by Crippen LogP contribution is 2.66. The van der Waals surface area contributed by atoms with Gasteiger partial charge in [-0.2, -0.15) is 0 Å². The highest BCUT2D eigenvalue weighted by molar-refractivity contribution is 8.00. The van der Waals surface area contributed by atoms with E-state index in [9.17, 15) is 0 Å². The van der Waals surface area contributed by atoms with Crippen molar-refractivity contribution in [2.24, 2.45) is 40.9 Å². The lowest BCUT2D eigenvalue weighted by atomic mass is 9.48. The van der Waals surface area contributed by atoms with Gasteiger partial charge in [-0.05, 0) is 196 Å². The summed E-state index contributed by atoms with van der Waals surface area (Å²) < 4.78 is 0. The van der Waals surface area contributed by atoms with E-state index in [-0.39, 0.29) is 5.41 Å². The van der Waals surface area contributed by atoms with Crippen molar-refractivity contribution in [1.82, 2.24) is 4.90 Å². The third kappa shape index (κ3) is 6.84. The molecular weight excluding hydrogens is 897 g/mol. The molecule has 1 aromatic carbocycles. The summed E-state index contributed by atoms with van der Waals surface area (Å²) in [4.78, 5) is 10.9. The molecule has 1 aliphatic heterocycles. The Hall–Kier alpha value is -4.51. The first-order chi connectivity index (χ1) is 34.9. The number of rotatable bonds is 7. The number of hydrogen-bond donors (Lipinski definition) is 0. The summed E-state index contributed by atoms with van der Waals surface area (Å²) in [6, 6.07) is 8.18. The van der Waals surface area contributed by atoms with E-state index in [1.165, 1.54) is 112 Å². The van der Waals surface area contributed by atoms with Crippen LogP contribution >= 0.6 is 23.1 Å². The van der Waals surface area contributed by atoms with Crippen LogP contribution in [-0.2, 0) is 12.8 Å². The quantitative estimate of drug-likeness (QED) is 0.255. The topological polar surface area (TPSA) is 6.48 Å². The van der Waals surface area contributed by atoms with Crippen molar-refractivity contribution in [3.8, 4) is 0 Å². The Kier molecular flexibility index (Phi) is 10.6. The van der Waals surface area contributed by atoms with Gasteiger partial charge in [0.05, 0.1) is 11.7 Å². The minimum absolute atomic E-state index is 0.258. The molecule has 1 saturated carbocycles. The van der Waals surface area contributed by atoms with Crippen LogP contribution in [0.3, 0.4) is 0 Å². The van der Waals surface area contributed by atoms with E-state index in [1.807, 2.05) is 11.1 Å². The number of benzene rings is 1. The molecular formula is C67H72N2S2. The van der Waals surface area contributed by atoms with Crippen molar-refractivity contribution < 1.29 is 0 Å². The largest absolute Gasteiger partial charge is 0.340 e. The molecule has 2 heterocycles. The van der Waals surface area contributed by atoms with Crippen LogP contribution in [0.5, 0.6) is 0 Å². The van der Waals surface area contributed by atoms with E-state index in [4.69, 9.17) is 0 Å². The third-order valence-electron chi connectivity index (χ3n) is 20.5. The fourth-order valence-electron chi connectivity index (χ4n) is 16.9. The fraction of sp³-hybridized carbons (Fsp3) is 0.463. The average molecular weight is 969 g/mol. The zero-order valence-electron chi connectivity index (χ0n) is 42.5. The maximum absolute atomic E-state index is 3.08. The van der Waals surface area contributed by atoms with Crippen LogP contribution in [0.2, 0.25) is 0 Å². The normalized spacial score (nSPS) is 34.0. The van der Waals surface area contributed by atoms with Crippen LogP contribution in [0.4, 0.5) is 5.69 Å². The van der Waals surface area contributed by atoms with Crippen molar-refractivity contribution in [3.63, 3.8) is 0 Å². The standard InChI is InChI=1S/C67H72N2S2/c1-4-40-37-59(69(47-30-28-42-16-6-8-18-44(42)36-47)57-24-14-22-52-50-20-10-12-26-61(50)71-66(52)57)54-39-55-62-45(33-34-67(55,2)3)38-58(53-32-31-48(40)63(54)64(53)62)68(46-29-27-41-15-5-7-17-43(41)35-46)56-23-13-21-51-49-19-9-11-25-60(49)70-65(51)56/h5-6,9,11-13,15-16,19,21,23,25-27,29-32,36,40,42-43,49,53,55,57-58,60,64H,4,7-8,10,14,17-18,20,22,24,28,33-35,37-39H2,1-3H3. The van der Waals surface area contributed by atoms with Gasteiger partial charge in [0.25, 0.3) is 0 Å². The molecule has 0 saturated heterocycles. The molecule has 12 aliphatic carbocycles. The van der Waals surface area contributed by atoms with E-state index in [2.05, 4.69) is 169 Å². The van der Waals surface area contributed by atoms with E-state index in [1.54, 1.807) is 60.1 Å². The molecule has 0 bridgehead atoms. The summed E-state index contributed by atoms with van der Waals surface area (Å²) in [6.45, 7) is 7.86. The number of anilines is 1. The second-order valence-corrected chi connectivity index (χ2v) is 26.7. The number of thioether (sulfide) groups is 1. The molecule has 0 amide bonds. The highest BCUT2D eigenvalue weighted by Gasteiger charge is 2.56. The first-order valence-electron chi connectivity index (χ1n) is 28.4. The molecule has 362 valence electrons. The predicted molar refractivity (Wildman–Crippen MR) is 299 cm³/mol. The van der Waals surface area contributed by atoms with Gasteiger partial charge in [0.1, 0.15) is 0 Å². The van der Waals surface area contributed by atoms with Crippen LogP contribution in [-0.4, -0.2) is 16.2 Å². The van der Waals surface area contributed by atoms with E-state index >= 15 is 0 Å². The van der Waals surface area contributed by atoms with Gasteiger partial charge in [-0.25, -0.2) is 0 Å². The summed E-state index contributed by atoms with van der Waals surface area (Å²) >= 11 is 4.32. The Morgan fingerprint density at radius 1 is 0.817 bits per heavy atom. The van der Waals surface area contributed by atoms with Crippen molar-refractivity contribution in [2.75, 3.05) is 4.90 Å². The summed E-state index contributed by atoms with van der Waals surface area (Å²) in [5.74, 6) is 3.58. The van der Waals surface area contributed by atoms with Crippen LogP contribution in [0.15, 0.2) is 170 Å². The predicted octanol–water partition coefficient (Wildman–Crippen LogP) is 17.6. The first-order valence-corrected chi connectivity index (χ1v) is 30.1. The smallest absolute Gasteiger partial charge is 0.0684 e. The molecule has 0 radical (unpaired) electrons. The van der Waals surface area contributed by atoms with Gasteiger partial charge in [0, 0.05) is 66.7 Å². The molecule has 0 spiro atoms. The van der Waals surface area contributed by atoms with Gasteiger partial charge in [0.15, 0.2) is 0 Å². The van der Waals surface area contributed by atoms with Gasteiger partial charge >= 0.3 is 0 Å². The molecule has 10 unspecified atom stereocenters.